The molecule has 3 heteroatoms. The van der Waals surface area contributed by atoms with Crippen LogP contribution in [-0.2, 0) is 0 Å². The topological polar surface area (TPSA) is 39.1 Å². The second kappa shape index (κ2) is 4.44. The summed E-state index contributed by atoms with van der Waals surface area (Å²) in [5.74, 6) is 0.209. The summed E-state index contributed by atoms with van der Waals surface area (Å²) in [4.78, 5) is 0. The highest BCUT2D eigenvalue weighted by Gasteiger charge is 2.24. The Labute approximate surface area is 74.3 Å². The van der Waals surface area contributed by atoms with E-state index in [0.29, 0.717) is 6.04 Å². The first-order chi connectivity index (χ1) is 5.74. The minimum absolute atomic E-state index is 0.209. The van der Waals surface area contributed by atoms with E-state index in [2.05, 4.69) is 11.5 Å². The summed E-state index contributed by atoms with van der Waals surface area (Å²) >= 11 is 0. The van der Waals surface area contributed by atoms with Crippen molar-refractivity contribution in [2.24, 2.45) is 5.92 Å². The lowest BCUT2D eigenvalue weighted by atomic mass is 9.86. The molecule has 0 aromatic rings. The van der Waals surface area contributed by atoms with Crippen LogP contribution < -0.4 is 5.43 Å². The van der Waals surface area contributed by atoms with Gasteiger partial charge in [-0.05, 0) is 12.8 Å². The molecule has 1 aliphatic carbocycles. The Morgan fingerprint density at radius 1 is 1.33 bits per heavy atom. The van der Waals surface area contributed by atoms with E-state index in [0.717, 1.165) is 12.8 Å². The van der Waals surface area contributed by atoms with Crippen LogP contribution in [0.15, 0.2) is 0 Å². The Bertz CT molecular complexity index is 171. The second-order valence-electron chi connectivity index (χ2n) is 3.65. The van der Waals surface area contributed by atoms with Gasteiger partial charge in [-0.3, -0.25) is 10.4 Å². The summed E-state index contributed by atoms with van der Waals surface area (Å²) in [5, 5.41) is 10.8. The summed E-state index contributed by atoms with van der Waals surface area (Å²) in [6.07, 6.45) is 4.66. The Kier molecular flexibility index (Phi) is 3.51. The molecule has 0 bridgehead atoms. The van der Waals surface area contributed by atoms with Crippen LogP contribution in [0.5, 0.6) is 0 Å². The summed E-state index contributed by atoms with van der Waals surface area (Å²) in [5.41, 5.74) is 3.29. The van der Waals surface area contributed by atoms with Gasteiger partial charge in [-0.15, -0.1) is 0 Å². The molecule has 2 atom stereocenters. The Morgan fingerprint density at radius 2 is 2.00 bits per heavy atom. The van der Waals surface area contributed by atoms with Gasteiger partial charge in [0.05, 0.1) is 12.0 Å². The van der Waals surface area contributed by atoms with Crippen LogP contribution in [0.1, 0.15) is 25.7 Å². The fourth-order valence-corrected chi connectivity index (χ4v) is 1.77. The number of nitriles is 1. The zero-order valence-corrected chi connectivity index (χ0v) is 7.88. The van der Waals surface area contributed by atoms with Crippen molar-refractivity contribution in [3.05, 3.63) is 0 Å². The van der Waals surface area contributed by atoms with Gasteiger partial charge in [0.15, 0.2) is 0 Å². The van der Waals surface area contributed by atoms with Crippen molar-refractivity contribution in [1.82, 2.24) is 10.4 Å². The maximum atomic E-state index is 8.87. The van der Waals surface area contributed by atoms with Gasteiger partial charge in [0.2, 0.25) is 0 Å². The quantitative estimate of drug-likeness (QED) is 0.627. The molecule has 0 aromatic carbocycles. The lowest BCUT2D eigenvalue weighted by Gasteiger charge is -2.30. The molecule has 1 N–H and O–H groups in total. The minimum atomic E-state index is 0.209. The van der Waals surface area contributed by atoms with E-state index in [1.807, 2.05) is 19.1 Å². The third-order valence-corrected chi connectivity index (χ3v) is 2.36. The predicted molar refractivity (Wildman–Crippen MR) is 48.2 cm³/mol. The molecule has 1 rings (SSSR count). The molecule has 3 nitrogen and oxygen atoms in total. The monoisotopic (exact) mass is 167 g/mol. The lowest BCUT2D eigenvalue weighted by molar-refractivity contribution is 0.181. The summed E-state index contributed by atoms with van der Waals surface area (Å²) in [6, 6.07) is 2.74. The third-order valence-electron chi connectivity index (χ3n) is 2.36. The lowest BCUT2D eigenvalue weighted by Crippen LogP contribution is -2.45. The molecule has 1 fully saturated rings. The first kappa shape index (κ1) is 9.50. The van der Waals surface area contributed by atoms with Crippen molar-refractivity contribution in [3.63, 3.8) is 0 Å². The Morgan fingerprint density at radius 3 is 2.58 bits per heavy atom. The normalized spacial score (nSPS) is 30.2. The first-order valence-electron chi connectivity index (χ1n) is 4.57. The molecular formula is C9H17N3. The van der Waals surface area contributed by atoms with Crippen LogP contribution in [0, 0.1) is 17.2 Å². The van der Waals surface area contributed by atoms with Gasteiger partial charge in [0.25, 0.3) is 0 Å². The van der Waals surface area contributed by atoms with Crippen molar-refractivity contribution >= 4 is 0 Å². The van der Waals surface area contributed by atoms with Crippen LogP contribution in [0.4, 0.5) is 0 Å². The molecule has 2 unspecified atom stereocenters. The number of hydrogen-bond acceptors (Lipinski definition) is 3. The molecule has 0 amide bonds. The van der Waals surface area contributed by atoms with Crippen LogP contribution in [0.25, 0.3) is 0 Å². The van der Waals surface area contributed by atoms with Crippen molar-refractivity contribution in [3.8, 4) is 6.07 Å². The zero-order valence-electron chi connectivity index (χ0n) is 7.88. The van der Waals surface area contributed by atoms with Crippen LogP contribution in [0.2, 0.25) is 0 Å². The molecular weight excluding hydrogens is 150 g/mol. The van der Waals surface area contributed by atoms with E-state index < -0.39 is 0 Å². The largest absolute Gasteiger partial charge is 0.251 e. The number of rotatable bonds is 2. The molecule has 1 saturated carbocycles. The van der Waals surface area contributed by atoms with Gasteiger partial charge in [-0.1, -0.05) is 12.8 Å². The summed E-state index contributed by atoms with van der Waals surface area (Å²) < 4.78 is 0. The van der Waals surface area contributed by atoms with Crippen LogP contribution in [0.3, 0.4) is 0 Å². The van der Waals surface area contributed by atoms with E-state index in [1.165, 1.54) is 12.8 Å². The second-order valence-corrected chi connectivity index (χ2v) is 3.65. The van der Waals surface area contributed by atoms with Gasteiger partial charge < -0.3 is 0 Å². The first-order valence-corrected chi connectivity index (χ1v) is 4.57. The van der Waals surface area contributed by atoms with Gasteiger partial charge in [0, 0.05) is 20.1 Å². The van der Waals surface area contributed by atoms with E-state index >= 15 is 0 Å². The Hall–Kier alpha value is -0.590. The highest BCUT2D eigenvalue weighted by molar-refractivity contribution is 4.93. The molecule has 0 aromatic heterocycles. The van der Waals surface area contributed by atoms with Crippen molar-refractivity contribution in [2.75, 3.05) is 14.1 Å². The highest BCUT2D eigenvalue weighted by Crippen LogP contribution is 2.23. The molecule has 1 aliphatic rings. The average molecular weight is 167 g/mol. The van der Waals surface area contributed by atoms with Gasteiger partial charge in [-0.25, -0.2) is 0 Å². The Balaban J connectivity index is 2.43. The maximum absolute atomic E-state index is 8.87. The van der Waals surface area contributed by atoms with Crippen LogP contribution in [-0.4, -0.2) is 25.1 Å². The number of hydrazine groups is 1. The molecule has 12 heavy (non-hydrogen) atoms. The van der Waals surface area contributed by atoms with Crippen molar-refractivity contribution < 1.29 is 0 Å². The third kappa shape index (κ3) is 2.47. The summed E-state index contributed by atoms with van der Waals surface area (Å²) in [6.45, 7) is 0. The molecule has 68 valence electrons. The molecule has 0 heterocycles. The fourth-order valence-electron chi connectivity index (χ4n) is 1.77. The highest BCUT2D eigenvalue weighted by atomic mass is 15.5. The fraction of sp³-hybridized carbons (Fsp3) is 0.889. The van der Waals surface area contributed by atoms with Crippen molar-refractivity contribution in [1.29, 1.82) is 5.26 Å². The van der Waals surface area contributed by atoms with E-state index in [9.17, 15) is 0 Å². The van der Waals surface area contributed by atoms with Gasteiger partial charge >= 0.3 is 0 Å². The summed E-state index contributed by atoms with van der Waals surface area (Å²) in [7, 11) is 3.95. The average Bonchev–Trinajstić information content (AvgIpc) is 2.04. The maximum Gasteiger partial charge on any atom is 0.0672 e. The number of nitrogens with zero attached hydrogens (tertiary/aromatic N) is 2. The molecule has 0 aliphatic heterocycles. The van der Waals surface area contributed by atoms with Gasteiger partial charge in [0.1, 0.15) is 0 Å². The SMILES string of the molecule is CN(C)NC1CCCCC1C#N. The van der Waals surface area contributed by atoms with E-state index in [4.69, 9.17) is 5.26 Å². The molecule has 0 radical (unpaired) electrons. The minimum Gasteiger partial charge on any atom is -0.251 e. The number of hydrogen-bond donors (Lipinski definition) is 1. The molecule has 0 spiro atoms. The van der Waals surface area contributed by atoms with E-state index in [-0.39, 0.29) is 5.92 Å². The van der Waals surface area contributed by atoms with Crippen LogP contribution >= 0.6 is 0 Å². The van der Waals surface area contributed by atoms with Gasteiger partial charge in [-0.2, -0.15) is 5.26 Å². The predicted octanol–water partition coefficient (Wildman–Crippen LogP) is 1.13. The standard InChI is InChI=1S/C9H17N3/c1-12(2)11-9-6-4-3-5-8(9)7-10/h8-9,11H,3-6H2,1-2H3. The zero-order chi connectivity index (χ0) is 8.97. The van der Waals surface area contributed by atoms with Crippen molar-refractivity contribution in [2.45, 2.75) is 31.7 Å². The van der Waals surface area contributed by atoms with E-state index in [1.54, 1.807) is 0 Å². The smallest absolute Gasteiger partial charge is 0.0672 e. The molecule has 0 saturated heterocycles. The number of nitrogens with one attached hydrogen (secondary N) is 1.